The summed E-state index contributed by atoms with van der Waals surface area (Å²) in [6, 6.07) is 9.56. The Morgan fingerprint density at radius 2 is 1.96 bits per heavy atom. The third kappa shape index (κ3) is 3.80. The first-order valence-corrected chi connectivity index (χ1v) is 9.05. The average Bonchev–Trinajstić information content (AvgIpc) is 3.30. The maximum atomic E-state index is 13.0. The molecule has 0 fully saturated rings. The number of furan rings is 1. The first kappa shape index (κ1) is 19.7. The molecule has 7 heteroatoms. The molecule has 0 saturated carbocycles. The van der Waals surface area contributed by atoms with Crippen molar-refractivity contribution >= 4 is 11.7 Å². The van der Waals surface area contributed by atoms with Gasteiger partial charge in [-0.3, -0.25) is 9.59 Å². The molecule has 1 N–H and O–H groups in total. The van der Waals surface area contributed by atoms with Crippen molar-refractivity contribution in [3.8, 4) is 5.75 Å². The van der Waals surface area contributed by atoms with Crippen LogP contribution in [0.15, 0.2) is 58.4 Å². The van der Waals surface area contributed by atoms with E-state index in [1.54, 1.807) is 37.4 Å². The second-order valence-electron chi connectivity index (χ2n) is 6.90. The zero-order valence-electron chi connectivity index (χ0n) is 16.2. The van der Waals surface area contributed by atoms with Crippen molar-refractivity contribution < 1.29 is 23.8 Å². The van der Waals surface area contributed by atoms with E-state index in [1.807, 2.05) is 19.0 Å². The number of rotatable bonds is 8. The molecule has 3 rings (SSSR count). The Labute approximate surface area is 163 Å². The summed E-state index contributed by atoms with van der Waals surface area (Å²) >= 11 is 0. The van der Waals surface area contributed by atoms with E-state index in [0.29, 0.717) is 18.7 Å². The van der Waals surface area contributed by atoms with Crippen LogP contribution in [0.5, 0.6) is 5.75 Å². The molecule has 0 saturated heterocycles. The summed E-state index contributed by atoms with van der Waals surface area (Å²) in [5, 5.41) is 10.5. The Morgan fingerprint density at radius 3 is 2.54 bits per heavy atom. The fraction of sp³-hybridized carbons (Fsp3) is 0.333. The highest BCUT2D eigenvalue weighted by Crippen LogP contribution is 2.39. The molecule has 0 bridgehead atoms. The minimum absolute atomic E-state index is 0.0370. The summed E-state index contributed by atoms with van der Waals surface area (Å²) in [7, 11) is 5.47. The molecule has 2 heterocycles. The highest BCUT2D eigenvalue weighted by atomic mass is 16.5. The fourth-order valence-corrected chi connectivity index (χ4v) is 3.35. The highest BCUT2D eigenvalue weighted by molar-refractivity contribution is 6.15. The van der Waals surface area contributed by atoms with E-state index in [1.165, 1.54) is 17.2 Å². The lowest BCUT2D eigenvalue weighted by molar-refractivity contribution is -0.129. The molecular formula is C21H24N2O5. The molecule has 1 aliphatic heterocycles. The first-order chi connectivity index (χ1) is 13.4. The van der Waals surface area contributed by atoms with Gasteiger partial charge in [0, 0.05) is 6.54 Å². The van der Waals surface area contributed by atoms with Crippen LogP contribution in [0.2, 0.25) is 0 Å². The molecule has 0 spiro atoms. The number of amides is 1. The Hall–Kier alpha value is -3.06. The van der Waals surface area contributed by atoms with Crippen molar-refractivity contribution in [1.82, 2.24) is 9.80 Å². The summed E-state index contributed by atoms with van der Waals surface area (Å²) in [5.74, 6) is -0.810. The van der Waals surface area contributed by atoms with Gasteiger partial charge in [0.1, 0.15) is 5.75 Å². The molecule has 148 valence electrons. The van der Waals surface area contributed by atoms with Gasteiger partial charge in [-0.15, -0.1) is 0 Å². The number of nitrogens with zero attached hydrogens (tertiary/aromatic N) is 2. The predicted octanol–water partition coefficient (Wildman–Crippen LogP) is 2.82. The number of carbonyl (C=O) groups excluding carboxylic acids is 2. The molecular weight excluding hydrogens is 360 g/mol. The Bertz CT molecular complexity index is 869. The zero-order valence-corrected chi connectivity index (χ0v) is 16.2. The number of methoxy groups -OCH3 is 1. The topological polar surface area (TPSA) is 83.2 Å². The molecule has 1 aromatic carbocycles. The summed E-state index contributed by atoms with van der Waals surface area (Å²) in [4.78, 5) is 29.3. The number of hydrogen-bond acceptors (Lipinski definition) is 6. The number of hydrogen-bond donors (Lipinski definition) is 1. The Balaban J connectivity index is 1.99. The van der Waals surface area contributed by atoms with Crippen LogP contribution < -0.4 is 4.74 Å². The van der Waals surface area contributed by atoms with Gasteiger partial charge in [0.05, 0.1) is 25.0 Å². The maximum absolute atomic E-state index is 13.0. The van der Waals surface area contributed by atoms with Gasteiger partial charge in [-0.05, 0) is 56.9 Å². The van der Waals surface area contributed by atoms with Gasteiger partial charge in [-0.2, -0.15) is 0 Å². The number of benzene rings is 1. The predicted molar refractivity (Wildman–Crippen MR) is 103 cm³/mol. The van der Waals surface area contributed by atoms with Crippen molar-refractivity contribution in [3.63, 3.8) is 0 Å². The smallest absolute Gasteiger partial charge is 0.290 e. The molecule has 1 atom stereocenters. The van der Waals surface area contributed by atoms with Crippen LogP contribution in [-0.4, -0.2) is 60.9 Å². The molecule has 2 aromatic rings. The van der Waals surface area contributed by atoms with Crippen LogP contribution in [0.25, 0.3) is 0 Å². The number of ether oxygens (including phenoxy) is 1. The van der Waals surface area contributed by atoms with Gasteiger partial charge in [0.15, 0.2) is 11.5 Å². The van der Waals surface area contributed by atoms with Crippen molar-refractivity contribution in [2.45, 2.75) is 12.5 Å². The molecule has 28 heavy (non-hydrogen) atoms. The summed E-state index contributed by atoms with van der Waals surface area (Å²) < 4.78 is 10.4. The fourth-order valence-electron chi connectivity index (χ4n) is 3.35. The van der Waals surface area contributed by atoms with Gasteiger partial charge in [0.2, 0.25) is 5.78 Å². The minimum atomic E-state index is -0.682. The SMILES string of the molecule is COc1ccc(C2C(C(=O)c3ccco3)=C(O)C(=O)N2CCCN(C)C)cc1. The van der Waals surface area contributed by atoms with E-state index in [2.05, 4.69) is 0 Å². The molecule has 7 nitrogen and oxygen atoms in total. The van der Waals surface area contributed by atoms with Crippen LogP contribution in [0.1, 0.15) is 28.6 Å². The quantitative estimate of drug-likeness (QED) is 0.705. The van der Waals surface area contributed by atoms with Crippen molar-refractivity contribution in [3.05, 3.63) is 65.3 Å². The lowest BCUT2D eigenvalue weighted by Crippen LogP contribution is -2.33. The minimum Gasteiger partial charge on any atom is -0.503 e. The highest BCUT2D eigenvalue weighted by Gasteiger charge is 2.44. The Morgan fingerprint density at radius 1 is 1.25 bits per heavy atom. The lowest BCUT2D eigenvalue weighted by Gasteiger charge is -2.27. The molecule has 1 aliphatic rings. The number of Topliss-reactive ketones (excluding diaryl/α,β-unsaturated/α-hetero) is 1. The molecule has 0 radical (unpaired) electrons. The molecule has 1 unspecified atom stereocenters. The number of aliphatic hydroxyl groups is 1. The molecule has 0 aliphatic carbocycles. The third-order valence-corrected chi connectivity index (χ3v) is 4.73. The van der Waals surface area contributed by atoms with Crippen molar-refractivity contribution in [1.29, 1.82) is 0 Å². The monoisotopic (exact) mass is 384 g/mol. The van der Waals surface area contributed by atoms with Crippen LogP contribution in [0.4, 0.5) is 0 Å². The standard InChI is InChI=1S/C21H24N2O5/c1-22(2)11-5-12-23-18(14-7-9-15(27-3)10-8-14)17(20(25)21(23)26)19(24)16-6-4-13-28-16/h4,6-10,13,18,25H,5,11-12H2,1-3H3. The van der Waals surface area contributed by atoms with Crippen LogP contribution in [0, 0.1) is 0 Å². The summed E-state index contributed by atoms with van der Waals surface area (Å²) in [6.07, 6.45) is 2.10. The van der Waals surface area contributed by atoms with Gasteiger partial charge in [-0.25, -0.2) is 0 Å². The second kappa shape index (κ2) is 8.31. The van der Waals surface area contributed by atoms with Gasteiger partial charge in [-0.1, -0.05) is 12.1 Å². The normalized spacial score (nSPS) is 16.9. The second-order valence-corrected chi connectivity index (χ2v) is 6.90. The van der Waals surface area contributed by atoms with E-state index < -0.39 is 23.5 Å². The van der Waals surface area contributed by atoms with E-state index in [0.717, 1.165) is 12.1 Å². The van der Waals surface area contributed by atoms with E-state index >= 15 is 0 Å². The third-order valence-electron chi connectivity index (χ3n) is 4.73. The zero-order chi connectivity index (χ0) is 20.3. The van der Waals surface area contributed by atoms with Gasteiger partial charge in [0.25, 0.3) is 5.91 Å². The van der Waals surface area contributed by atoms with E-state index in [4.69, 9.17) is 9.15 Å². The number of carbonyl (C=O) groups is 2. The Kier molecular flexibility index (Phi) is 5.84. The summed E-state index contributed by atoms with van der Waals surface area (Å²) in [6.45, 7) is 1.19. The van der Waals surface area contributed by atoms with E-state index in [9.17, 15) is 14.7 Å². The number of ketones is 1. The lowest BCUT2D eigenvalue weighted by atomic mass is 9.95. The molecule has 1 aromatic heterocycles. The van der Waals surface area contributed by atoms with Crippen molar-refractivity contribution in [2.24, 2.45) is 0 Å². The summed E-state index contributed by atoms with van der Waals surface area (Å²) in [5.41, 5.74) is 0.757. The van der Waals surface area contributed by atoms with Gasteiger partial charge >= 0.3 is 0 Å². The first-order valence-electron chi connectivity index (χ1n) is 9.05. The van der Waals surface area contributed by atoms with Gasteiger partial charge < -0.3 is 24.1 Å². The largest absolute Gasteiger partial charge is 0.503 e. The maximum Gasteiger partial charge on any atom is 0.290 e. The molecule has 1 amide bonds. The van der Waals surface area contributed by atoms with Crippen molar-refractivity contribution in [2.75, 3.05) is 34.3 Å². The average molecular weight is 384 g/mol. The van der Waals surface area contributed by atoms with Crippen LogP contribution in [-0.2, 0) is 4.79 Å². The van der Waals surface area contributed by atoms with Crippen LogP contribution in [0.3, 0.4) is 0 Å². The van der Waals surface area contributed by atoms with E-state index in [-0.39, 0.29) is 11.3 Å². The number of aliphatic hydroxyl groups excluding tert-OH is 1. The van der Waals surface area contributed by atoms with Crippen LogP contribution >= 0.6 is 0 Å².